The van der Waals surface area contributed by atoms with Crippen molar-refractivity contribution in [3.8, 4) is 33.9 Å². The van der Waals surface area contributed by atoms with Gasteiger partial charge in [-0.1, -0.05) is 18.2 Å². The Bertz CT molecular complexity index is 1800. The number of hydrogen-bond donors (Lipinski definition) is 2. The highest BCUT2D eigenvalue weighted by atomic mass is 19.4. The SMILES string of the molecule is Cc1c[nH]c(-c2ccc(NC(=O)c3ccc(CN4CCN(C)CC4)c(C(F)(F)F)c3)cc2)c1-c1nccc(-c2cccnc2)n1. The third kappa shape index (κ3) is 6.79. The first-order valence-electron chi connectivity index (χ1n) is 14.6. The van der Waals surface area contributed by atoms with Crippen molar-refractivity contribution in [1.82, 2.24) is 29.7 Å². The fourth-order valence-electron chi connectivity index (χ4n) is 5.48. The topological polar surface area (TPSA) is 90.0 Å². The molecule has 45 heavy (non-hydrogen) atoms. The number of anilines is 1. The van der Waals surface area contributed by atoms with E-state index >= 15 is 0 Å². The van der Waals surface area contributed by atoms with Crippen LogP contribution in [0.15, 0.2) is 85.5 Å². The van der Waals surface area contributed by atoms with Gasteiger partial charge in [0.25, 0.3) is 5.91 Å². The summed E-state index contributed by atoms with van der Waals surface area (Å²) in [5.41, 5.74) is 4.85. The van der Waals surface area contributed by atoms with Gasteiger partial charge in [-0.15, -0.1) is 0 Å². The monoisotopic (exact) mass is 611 g/mol. The molecular weight excluding hydrogens is 579 g/mol. The molecule has 1 saturated heterocycles. The van der Waals surface area contributed by atoms with Crippen molar-refractivity contribution in [2.24, 2.45) is 0 Å². The molecule has 4 heterocycles. The first-order chi connectivity index (χ1) is 21.7. The van der Waals surface area contributed by atoms with E-state index in [0.29, 0.717) is 24.6 Å². The van der Waals surface area contributed by atoms with Gasteiger partial charge in [-0.25, -0.2) is 9.97 Å². The van der Waals surface area contributed by atoms with Crippen LogP contribution in [0.3, 0.4) is 0 Å². The summed E-state index contributed by atoms with van der Waals surface area (Å²) in [7, 11) is 2.00. The van der Waals surface area contributed by atoms with E-state index in [1.54, 1.807) is 30.7 Å². The highest BCUT2D eigenvalue weighted by Crippen LogP contribution is 2.35. The van der Waals surface area contributed by atoms with Crippen LogP contribution >= 0.6 is 0 Å². The molecule has 1 amide bonds. The number of pyridine rings is 1. The molecule has 0 atom stereocenters. The Labute approximate surface area is 259 Å². The summed E-state index contributed by atoms with van der Waals surface area (Å²) in [6, 6.07) is 16.5. The molecule has 1 aliphatic rings. The molecule has 0 bridgehead atoms. The molecule has 8 nitrogen and oxygen atoms in total. The lowest BCUT2D eigenvalue weighted by molar-refractivity contribution is -0.138. The van der Waals surface area contributed by atoms with Gasteiger partial charge in [0.05, 0.1) is 17.0 Å². The lowest BCUT2D eigenvalue weighted by atomic mass is 10.0. The van der Waals surface area contributed by atoms with Crippen molar-refractivity contribution >= 4 is 11.6 Å². The molecular formula is C34H32F3N7O. The van der Waals surface area contributed by atoms with E-state index in [1.165, 1.54) is 12.1 Å². The number of aryl methyl sites for hydroxylation is 1. The molecule has 0 spiro atoms. The summed E-state index contributed by atoms with van der Waals surface area (Å²) in [6.45, 7) is 5.15. The van der Waals surface area contributed by atoms with Crippen LogP contribution in [0.1, 0.15) is 27.0 Å². The summed E-state index contributed by atoms with van der Waals surface area (Å²) in [5.74, 6) is -0.0598. The highest BCUT2D eigenvalue weighted by molar-refractivity contribution is 6.04. The van der Waals surface area contributed by atoms with Crippen molar-refractivity contribution in [1.29, 1.82) is 0 Å². The van der Waals surface area contributed by atoms with Crippen molar-refractivity contribution < 1.29 is 18.0 Å². The average molecular weight is 612 g/mol. The van der Waals surface area contributed by atoms with Crippen molar-refractivity contribution in [2.75, 3.05) is 38.5 Å². The Hall–Kier alpha value is -4.87. The lowest BCUT2D eigenvalue weighted by Crippen LogP contribution is -2.44. The summed E-state index contributed by atoms with van der Waals surface area (Å²) in [6.07, 6.45) is 2.47. The molecule has 230 valence electrons. The highest BCUT2D eigenvalue weighted by Gasteiger charge is 2.34. The summed E-state index contributed by atoms with van der Waals surface area (Å²) in [4.78, 5) is 34.0. The Balaban J connectivity index is 1.20. The van der Waals surface area contributed by atoms with Gasteiger partial charge in [-0.05, 0) is 73.1 Å². The van der Waals surface area contributed by atoms with Gasteiger partial charge < -0.3 is 15.2 Å². The van der Waals surface area contributed by atoms with Gasteiger partial charge in [-0.3, -0.25) is 14.7 Å². The molecule has 5 aromatic rings. The molecule has 2 aromatic carbocycles. The van der Waals surface area contributed by atoms with E-state index < -0.39 is 17.6 Å². The van der Waals surface area contributed by atoms with Gasteiger partial charge in [0.2, 0.25) is 0 Å². The first-order valence-corrected chi connectivity index (χ1v) is 14.6. The van der Waals surface area contributed by atoms with Crippen LogP contribution in [-0.4, -0.2) is 68.9 Å². The molecule has 1 aliphatic heterocycles. The molecule has 3 aromatic heterocycles. The molecule has 0 aliphatic carbocycles. The van der Waals surface area contributed by atoms with E-state index in [1.807, 2.05) is 55.4 Å². The van der Waals surface area contributed by atoms with Crippen LogP contribution in [0.25, 0.3) is 33.9 Å². The summed E-state index contributed by atoms with van der Waals surface area (Å²) < 4.78 is 42.1. The number of nitrogens with zero attached hydrogens (tertiary/aromatic N) is 5. The maximum absolute atomic E-state index is 14.0. The van der Waals surface area contributed by atoms with E-state index in [0.717, 1.165) is 52.8 Å². The van der Waals surface area contributed by atoms with Gasteiger partial charge >= 0.3 is 6.18 Å². The second-order valence-corrected chi connectivity index (χ2v) is 11.2. The smallest absolute Gasteiger partial charge is 0.360 e. The molecule has 2 N–H and O–H groups in total. The maximum Gasteiger partial charge on any atom is 0.416 e. The molecule has 0 saturated carbocycles. The van der Waals surface area contributed by atoms with Gasteiger partial charge in [0.1, 0.15) is 0 Å². The zero-order chi connectivity index (χ0) is 31.6. The molecule has 11 heteroatoms. The van der Waals surface area contributed by atoms with Crippen LogP contribution in [-0.2, 0) is 12.7 Å². The minimum absolute atomic E-state index is 0.0542. The molecule has 0 unspecified atom stereocenters. The second kappa shape index (κ2) is 12.6. The number of aromatic amines is 1. The quantitative estimate of drug-likeness (QED) is 0.218. The number of aromatic nitrogens is 4. The summed E-state index contributed by atoms with van der Waals surface area (Å²) >= 11 is 0. The summed E-state index contributed by atoms with van der Waals surface area (Å²) in [5, 5.41) is 2.74. The lowest BCUT2D eigenvalue weighted by Gasteiger charge is -2.33. The number of likely N-dealkylation sites (N-methyl/N-ethyl adjacent to an activating group) is 1. The van der Waals surface area contributed by atoms with Crippen LogP contribution in [0, 0.1) is 6.92 Å². The van der Waals surface area contributed by atoms with Gasteiger partial charge in [-0.2, -0.15) is 13.2 Å². The Morgan fingerprint density at radius 2 is 1.76 bits per heavy atom. The standard InChI is InChI=1S/C34H32F3N7O/c1-22-19-40-31(30(22)32-39-13-11-29(42-32)25-4-3-12-38-20-25)23-7-9-27(10-8-23)41-33(45)24-5-6-26(28(18-24)34(35,36)37)21-44-16-14-43(2)15-17-44/h3-13,18-20,40H,14-17,21H2,1-2H3,(H,41,45). The molecule has 1 fully saturated rings. The first kappa shape index (κ1) is 30.2. The normalized spacial score (nSPS) is 14.4. The van der Waals surface area contributed by atoms with Crippen molar-refractivity contribution in [3.63, 3.8) is 0 Å². The van der Waals surface area contributed by atoms with Crippen LogP contribution in [0.2, 0.25) is 0 Å². The largest absolute Gasteiger partial charge is 0.416 e. The number of H-pyrrole nitrogens is 1. The number of rotatable bonds is 7. The fourth-order valence-corrected chi connectivity index (χ4v) is 5.48. The van der Waals surface area contributed by atoms with Crippen molar-refractivity contribution in [2.45, 2.75) is 19.6 Å². The van der Waals surface area contributed by atoms with E-state index in [9.17, 15) is 18.0 Å². The predicted octanol–water partition coefficient (Wildman–Crippen LogP) is 6.53. The Morgan fingerprint density at radius 3 is 2.47 bits per heavy atom. The van der Waals surface area contributed by atoms with Crippen LogP contribution in [0.5, 0.6) is 0 Å². The molecule has 6 rings (SSSR count). The number of alkyl halides is 3. The number of benzene rings is 2. The Kier molecular flexibility index (Phi) is 8.46. The van der Waals surface area contributed by atoms with Crippen molar-refractivity contribution in [3.05, 3.63) is 108 Å². The van der Waals surface area contributed by atoms with E-state index in [2.05, 4.69) is 25.2 Å². The number of carbonyl (C=O) groups is 1. The third-order valence-corrected chi connectivity index (χ3v) is 8.01. The fraction of sp³-hybridized carbons (Fsp3) is 0.235. The average Bonchev–Trinajstić information content (AvgIpc) is 3.43. The van der Waals surface area contributed by atoms with E-state index in [4.69, 9.17) is 4.98 Å². The zero-order valence-electron chi connectivity index (χ0n) is 24.9. The Morgan fingerprint density at radius 1 is 0.978 bits per heavy atom. The number of nitrogens with one attached hydrogen (secondary N) is 2. The second-order valence-electron chi connectivity index (χ2n) is 11.2. The van der Waals surface area contributed by atoms with Gasteiger partial charge in [0.15, 0.2) is 5.82 Å². The third-order valence-electron chi connectivity index (χ3n) is 8.01. The number of hydrogen-bond acceptors (Lipinski definition) is 6. The predicted molar refractivity (Wildman–Crippen MR) is 167 cm³/mol. The number of carbonyl (C=O) groups excluding carboxylic acids is 1. The maximum atomic E-state index is 14.0. The number of amides is 1. The number of piperazine rings is 1. The molecule has 0 radical (unpaired) electrons. The van der Waals surface area contributed by atoms with Crippen LogP contribution in [0.4, 0.5) is 18.9 Å². The minimum Gasteiger partial charge on any atom is -0.360 e. The van der Waals surface area contributed by atoms with E-state index in [-0.39, 0.29) is 17.7 Å². The van der Waals surface area contributed by atoms with Gasteiger partial charge in [0, 0.05) is 79.9 Å². The minimum atomic E-state index is -4.58. The van der Waals surface area contributed by atoms with Crippen LogP contribution < -0.4 is 5.32 Å². The number of halogens is 3. The zero-order valence-corrected chi connectivity index (χ0v) is 24.9.